The molecule has 2 aliphatic heterocycles. The Hall–Kier alpha value is -2.08. The maximum atomic E-state index is 12.6. The van der Waals surface area contributed by atoms with Crippen LogP contribution in [0.15, 0.2) is 29.3 Å². The Morgan fingerprint density at radius 1 is 1.03 bits per heavy atom. The van der Waals surface area contributed by atoms with Crippen LogP contribution in [0.1, 0.15) is 68.3 Å². The number of piperidine rings is 2. The first-order valence-corrected chi connectivity index (χ1v) is 11.8. The van der Waals surface area contributed by atoms with E-state index in [4.69, 9.17) is 4.99 Å². The molecule has 0 unspecified atom stereocenters. The van der Waals surface area contributed by atoms with Crippen molar-refractivity contribution in [3.8, 4) is 0 Å². The van der Waals surface area contributed by atoms with Gasteiger partial charge in [-0.1, -0.05) is 19.1 Å². The highest BCUT2D eigenvalue weighted by atomic mass is 16.2. The minimum atomic E-state index is 0.161. The zero-order valence-corrected chi connectivity index (χ0v) is 18.8. The molecule has 1 aromatic rings. The van der Waals surface area contributed by atoms with Gasteiger partial charge >= 0.3 is 0 Å². The Balaban J connectivity index is 1.52. The number of amides is 1. The van der Waals surface area contributed by atoms with Crippen molar-refractivity contribution < 1.29 is 4.79 Å². The molecule has 2 N–H and O–H groups in total. The maximum absolute atomic E-state index is 12.6. The molecular formula is C24H39N5O. The molecule has 0 radical (unpaired) electrons. The molecule has 2 saturated heterocycles. The van der Waals surface area contributed by atoms with Gasteiger partial charge in [-0.05, 0) is 69.7 Å². The van der Waals surface area contributed by atoms with Crippen LogP contribution in [-0.2, 0) is 6.54 Å². The Morgan fingerprint density at radius 3 is 2.37 bits per heavy atom. The first-order valence-electron chi connectivity index (χ1n) is 11.8. The van der Waals surface area contributed by atoms with Gasteiger partial charge in [-0.15, -0.1) is 0 Å². The topological polar surface area (TPSA) is 60.0 Å². The number of benzene rings is 1. The minimum Gasteiger partial charge on any atom is -0.357 e. The van der Waals surface area contributed by atoms with Gasteiger partial charge in [0.15, 0.2) is 5.96 Å². The molecule has 1 aromatic carbocycles. The Kier molecular flexibility index (Phi) is 9.00. The van der Waals surface area contributed by atoms with Crippen molar-refractivity contribution in [2.75, 3.05) is 39.3 Å². The number of hydrogen-bond donors (Lipinski definition) is 2. The standard InChI is InChI=1S/C24H39N5O/c1-3-14-28-17-12-22(13-18-28)27-24(25-4-2)26-19-20-8-10-21(11-9-20)23(30)29-15-6-5-7-16-29/h8-11,22H,3-7,12-19H2,1-2H3,(H2,25,26,27). The van der Waals surface area contributed by atoms with Crippen LogP contribution in [0.5, 0.6) is 0 Å². The van der Waals surface area contributed by atoms with E-state index in [0.717, 1.165) is 75.5 Å². The fraction of sp³-hybridized carbons (Fsp3) is 0.667. The number of nitrogens with zero attached hydrogens (tertiary/aromatic N) is 3. The van der Waals surface area contributed by atoms with Crippen molar-refractivity contribution in [2.24, 2.45) is 4.99 Å². The summed E-state index contributed by atoms with van der Waals surface area (Å²) in [5, 5.41) is 6.99. The molecule has 0 saturated carbocycles. The van der Waals surface area contributed by atoms with E-state index in [9.17, 15) is 4.79 Å². The second-order valence-electron chi connectivity index (χ2n) is 8.51. The molecular weight excluding hydrogens is 374 g/mol. The molecule has 0 aromatic heterocycles. The van der Waals surface area contributed by atoms with Gasteiger partial charge in [0.2, 0.25) is 0 Å². The summed E-state index contributed by atoms with van der Waals surface area (Å²) in [4.78, 5) is 21.9. The molecule has 0 atom stereocenters. The first kappa shape index (κ1) is 22.6. The number of rotatable bonds is 7. The number of hydrogen-bond acceptors (Lipinski definition) is 3. The summed E-state index contributed by atoms with van der Waals surface area (Å²) >= 11 is 0. The number of aliphatic imine (C=N–C) groups is 1. The molecule has 2 aliphatic rings. The lowest BCUT2D eigenvalue weighted by Gasteiger charge is -2.32. The summed E-state index contributed by atoms with van der Waals surface area (Å²) in [5.41, 5.74) is 1.91. The van der Waals surface area contributed by atoms with Gasteiger partial charge < -0.3 is 20.4 Å². The molecule has 6 nitrogen and oxygen atoms in total. The van der Waals surface area contributed by atoms with Crippen LogP contribution in [0.4, 0.5) is 0 Å². The van der Waals surface area contributed by atoms with E-state index in [1.165, 1.54) is 19.4 Å². The predicted octanol–water partition coefficient (Wildman–Crippen LogP) is 3.24. The largest absolute Gasteiger partial charge is 0.357 e. The second kappa shape index (κ2) is 11.9. The summed E-state index contributed by atoms with van der Waals surface area (Å²) in [6.45, 7) is 11.1. The third-order valence-corrected chi connectivity index (χ3v) is 6.08. The van der Waals surface area contributed by atoms with Crippen molar-refractivity contribution in [3.05, 3.63) is 35.4 Å². The van der Waals surface area contributed by atoms with E-state index in [-0.39, 0.29) is 5.91 Å². The molecule has 2 heterocycles. The van der Waals surface area contributed by atoms with Crippen molar-refractivity contribution in [1.82, 2.24) is 20.4 Å². The summed E-state index contributed by atoms with van der Waals surface area (Å²) in [5.74, 6) is 1.05. The Bertz CT molecular complexity index is 673. The third kappa shape index (κ3) is 6.73. The van der Waals surface area contributed by atoms with Crippen LogP contribution >= 0.6 is 0 Å². The summed E-state index contributed by atoms with van der Waals surface area (Å²) < 4.78 is 0. The van der Waals surface area contributed by atoms with Crippen LogP contribution in [0.25, 0.3) is 0 Å². The van der Waals surface area contributed by atoms with Crippen LogP contribution in [-0.4, -0.2) is 67.0 Å². The third-order valence-electron chi connectivity index (χ3n) is 6.08. The monoisotopic (exact) mass is 413 g/mol. The minimum absolute atomic E-state index is 0.161. The van der Waals surface area contributed by atoms with E-state index >= 15 is 0 Å². The lowest BCUT2D eigenvalue weighted by Crippen LogP contribution is -2.48. The van der Waals surface area contributed by atoms with E-state index in [0.29, 0.717) is 12.6 Å². The Morgan fingerprint density at radius 2 is 1.73 bits per heavy atom. The van der Waals surface area contributed by atoms with Crippen LogP contribution in [0, 0.1) is 0 Å². The lowest BCUT2D eigenvalue weighted by atomic mass is 10.1. The van der Waals surface area contributed by atoms with Crippen LogP contribution < -0.4 is 10.6 Å². The molecule has 0 spiro atoms. The van der Waals surface area contributed by atoms with Crippen LogP contribution in [0.3, 0.4) is 0 Å². The van der Waals surface area contributed by atoms with Gasteiger partial charge in [0.05, 0.1) is 6.54 Å². The first-order chi connectivity index (χ1) is 14.7. The van der Waals surface area contributed by atoms with Gasteiger partial charge in [0, 0.05) is 44.3 Å². The zero-order valence-electron chi connectivity index (χ0n) is 18.8. The Labute approximate surface area is 182 Å². The molecule has 0 bridgehead atoms. The highest BCUT2D eigenvalue weighted by Crippen LogP contribution is 2.14. The van der Waals surface area contributed by atoms with Gasteiger partial charge in [-0.2, -0.15) is 0 Å². The summed E-state index contributed by atoms with van der Waals surface area (Å²) in [6, 6.07) is 8.46. The fourth-order valence-corrected chi connectivity index (χ4v) is 4.33. The number of likely N-dealkylation sites (tertiary alicyclic amines) is 2. The maximum Gasteiger partial charge on any atom is 0.253 e. The normalized spacial score (nSPS) is 19.0. The van der Waals surface area contributed by atoms with E-state index in [1.807, 2.05) is 29.2 Å². The summed E-state index contributed by atoms with van der Waals surface area (Å²) in [6.07, 6.45) is 7.04. The predicted molar refractivity (Wildman–Crippen MR) is 124 cm³/mol. The van der Waals surface area contributed by atoms with Crippen molar-refractivity contribution in [1.29, 1.82) is 0 Å². The summed E-state index contributed by atoms with van der Waals surface area (Å²) in [7, 11) is 0. The molecule has 2 fully saturated rings. The van der Waals surface area contributed by atoms with Crippen molar-refractivity contribution in [3.63, 3.8) is 0 Å². The second-order valence-corrected chi connectivity index (χ2v) is 8.51. The number of carbonyl (C=O) groups excluding carboxylic acids is 1. The molecule has 0 aliphatic carbocycles. The highest BCUT2D eigenvalue weighted by molar-refractivity contribution is 5.94. The average molecular weight is 414 g/mol. The molecule has 1 amide bonds. The molecule has 3 rings (SSSR count). The van der Waals surface area contributed by atoms with Gasteiger partial charge in [-0.25, -0.2) is 4.99 Å². The average Bonchev–Trinajstić information content (AvgIpc) is 2.79. The number of guanidine groups is 1. The van der Waals surface area contributed by atoms with E-state index in [2.05, 4.69) is 29.4 Å². The van der Waals surface area contributed by atoms with Crippen LogP contribution in [0.2, 0.25) is 0 Å². The molecule has 166 valence electrons. The number of carbonyl (C=O) groups is 1. The SMILES string of the molecule is CCCN1CCC(NC(=NCc2ccc(C(=O)N3CCCCC3)cc2)NCC)CC1. The smallest absolute Gasteiger partial charge is 0.253 e. The van der Waals surface area contributed by atoms with E-state index < -0.39 is 0 Å². The highest BCUT2D eigenvalue weighted by Gasteiger charge is 2.20. The van der Waals surface area contributed by atoms with Gasteiger partial charge in [-0.3, -0.25) is 4.79 Å². The lowest BCUT2D eigenvalue weighted by molar-refractivity contribution is 0.0724. The van der Waals surface area contributed by atoms with Crippen molar-refractivity contribution in [2.45, 2.75) is 65.0 Å². The molecule has 6 heteroatoms. The van der Waals surface area contributed by atoms with E-state index in [1.54, 1.807) is 0 Å². The molecule has 30 heavy (non-hydrogen) atoms. The quantitative estimate of drug-likeness (QED) is 0.532. The fourth-order valence-electron chi connectivity index (χ4n) is 4.33. The van der Waals surface area contributed by atoms with Gasteiger partial charge in [0.1, 0.15) is 0 Å². The zero-order chi connectivity index (χ0) is 21.2. The van der Waals surface area contributed by atoms with Gasteiger partial charge in [0.25, 0.3) is 5.91 Å². The van der Waals surface area contributed by atoms with Crippen molar-refractivity contribution >= 4 is 11.9 Å². The number of nitrogens with one attached hydrogen (secondary N) is 2.